The molecule has 0 spiro atoms. The second kappa shape index (κ2) is 12.4. The Morgan fingerprint density at radius 3 is 2.60 bits per heavy atom. The number of carbonyl (C=O) groups is 1. The number of aliphatic hydroxyl groups excluding tert-OH is 1. The van der Waals surface area contributed by atoms with E-state index in [0.29, 0.717) is 30.9 Å². The molecule has 2 N–H and O–H groups in total. The number of amides is 1. The van der Waals surface area contributed by atoms with E-state index in [1.54, 1.807) is 36.9 Å². The number of nitrogens with one attached hydrogen (secondary N) is 1. The van der Waals surface area contributed by atoms with E-state index in [-0.39, 0.29) is 59.8 Å². The average Bonchev–Trinajstić information content (AvgIpc) is 3.57. The minimum atomic E-state index is -3.99. The first-order valence-corrected chi connectivity index (χ1v) is 15.7. The second-order valence-corrected chi connectivity index (χ2v) is 13.0. The molecule has 3 aromatic rings. The molecule has 0 aliphatic carbocycles. The van der Waals surface area contributed by atoms with Crippen molar-refractivity contribution < 1.29 is 37.1 Å². The molecule has 43 heavy (non-hydrogen) atoms. The van der Waals surface area contributed by atoms with Crippen molar-refractivity contribution in [2.45, 2.75) is 57.7 Å². The van der Waals surface area contributed by atoms with Crippen LogP contribution in [0.1, 0.15) is 36.4 Å². The molecule has 0 saturated carbocycles. The van der Waals surface area contributed by atoms with Crippen molar-refractivity contribution in [2.75, 3.05) is 38.3 Å². The SMILES string of the molecule is Cc1noc(C)c1S(=O)(=O)Nc1ccc2c(c1)CC(=O)N([C@@H](C)CO)C[C@@H](C)[C@@H](CN(C)Cc1ccc3c(c1)OCO3)O2. The first kappa shape index (κ1) is 30.6. The normalized spacial score (nSPS) is 19.3. The third kappa shape index (κ3) is 6.73. The Bertz CT molecular complexity index is 1570. The van der Waals surface area contributed by atoms with E-state index in [1.165, 1.54) is 6.92 Å². The molecule has 0 unspecified atom stereocenters. The average molecular weight is 615 g/mol. The van der Waals surface area contributed by atoms with Gasteiger partial charge in [-0.25, -0.2) is 8.42 Å². The summed E-state index contributed by atoms with van der Waals surface area (Å²) < 4.78 is 51.5. The zero-order valence-corrected chi connectivity index (χ0v) is 25.8. The van der Waals surface area contributed by atoms with Crippen molar-refractivity contribution in [3.8, 4) is 17.2 Å². The van der Waals surface area contributed by atoms with Gasteiger partial charge in [0.05, 0.1) is 19.1 Å². The van der Waals surface area contributed by atoms with Gasteiger partial charge in [0.15, 0.2) is 22.2 Å². The summed E-state index contributed by atoms with van der Waals surface area (Å²) in [6, 6.07) is 10.4. The maximum absolute atomic E-state index is 13.5. The number of sulfonamides is 1. The van der Waals surface area contributed by atoms with Gasteiger partial charge in [0.2, 0.25) is 12.7 Å². The Labute approximate surface area is 251 Å². The molecule has 13 heteroatoms. The van der Waals surface area contributed by atoms with Crippen LogP contribution in [0.25, 0.3) is 0 Å². The molecule has 2 aromatic carbocycles. The predicted octanol–water partition coefficient (Wildman–Crippen LogP) is 3.10. The highest BCUT2D eigenvalue weighted by atomic mass is 32.2. The number of benzene rings is 2. The number of aliphatic hydroxyl groups is 1. The second-order valence-electron chi connectivity index (χ2n) is 11.4. The van der Waals surface area contributed by atoms with Gasteiger partial charge in [-0.15, -0.1) is 0 Å². The molecule has 3 heterocycles. The van der Waals surface area contributed by atoms with Gasteiger partial charge in [-0.1, -0.05) is 18.1 Å². The van der Waals surface area contributed by atoms with Crippen LogP contribution in [0.2, 0.25) is 0 Å². The Hall–Kier alpha value is -3.81. The number of rotatable bonds is 9. The van der Waals surface area contributed by atoms with Crippen LogP contribution in [0.5, 0.6) is 17.2 Å². The predicted molar refractivity (Wildman–Crippen MR) is 158 cm³/mol. The summed E-state index contributed by atoms with van der Waals surface area (Å²) in [6.07, 6.45) is -0.338. The summed E-state index contributed by atoms with van der Waals surface area (Å²) in [7, 11) is -1.99. The maximum Gasteiger partial charge on any atom is 0.267 e. The summed E-state index contributed by atoms with van der Waals surface area (Å²) in [5, 5.41) is 13.7. The van der Waals surface area contributed by atoms with Gasteiger partial charge in [-0.2, -0.15) is 0 Å². The molecule has 12 nitrogen and oxygen atoms in total. The van der Waals surface area contributed by atoms with Crippen LogP contribution >= 0.6 is 0 Å². The van der Waals surface area contributed by atoms with E-state index in [4.69, 9.17) is 18.7 Å². The van der Waals surface area contributed by atoms with E-state index < -0.39 is 16.1 Å². The highest BCUT2D eigenvalue weighted by Gasteiger charge is 2.32. The molecule has 2 aliphatic rings. The minimum absolute atomic E-state index is 0.0208. The summed E-state index contributed by atoms with van der Waals surface area (Å²) in [4.78, 5) is 17.3. The fourth-order valence-electron chi connectivity index (χ4n) is 5.50. The van der Waals surface area contributed by atoms with E-state index in [0.717, 1.165) is 17.1 Å². The fraction of sp³-hybridized carbons (Fsp3) is 0.467. The Balaban J connectivity index is 1.41. The highest BCUT2D eigenvalue weighted by molar-refractivity contribution is 7.92. The monoisotopic (exact) mass is 614 g/mol. The zero-order valence-electron chi connectivity index (χ0n) is 25.0. The minimum Gasteiger partial charge on any atom is -0.488 e. The van der Waals surface area contributed by atoms with Gasteiger partial charge in [0, 0.05) is 36.8 Å². The van der Waals surface area contributed by atoms with E-state index in [2.05, 4.69) is 14.8 Å². The lowest BCUT2D eigenvalue weighted by Gasteiger charge is -2.34. The number of fused-ring (bicyclic) bond motifs is 2. The topological polar surface area (TPSA) is 144 Å². The molecule has 5 rings (SSSR count). The highest BCUT2D eigenvalue weighted by Crippen LogP contribution is 2.34. The lowest BCUT2D eigenvalue weighted by molar-refractivity contribution is -0.134. The molecule has 232 valence electrons. The number of carbonyl (C=O) groups excluding carboxylic acids is 1. The van der Waals surface area contributed by atoms with E-state index in [1.807, 2.05) is 32.2 Å². The number of nitrogens with zero attached hydrogens (tertiary/aromatic N) is 3. The smallest absolute Gasteiger partial charge is 0.267 e. The van der Waals surface area contributed by atoms with Crippen LogP contribution in [-0.4, -0.2) is 80.1 Å². The number of likely N-dealkylation sites (N-methyl/N-ethyl adjacent to an activating group) is 1. The number of aromatic nitrogens is 1. The Morgan fingerprint density at radius 2 is 1.88 bits per heavy atom. The number of ether oxygens (including phenoxy) is 3. The molecular weight excluding hydrogens is 576 g/mol. The number of anilines is 1. The number of hydrogen-bond acceptors (Lipinski definition) is 10. The van der Waals surface area contributed by atoms with Gasteiger partial charge in [0.25, 0.3) is 10.0 Å². The Kier molecular flexibility index (Phi) is 8.86. The van der Waals surface area contributed by atoms with Crippen LogP contribution in [0.3, 0.4) is 0 Å². The quantitative estimate of drug-likeness (QED) is 0.369. The van der Waals surface area contributed by atoms with Crippen molar-refractivity contribution in [3.05, 3.63) is 59.0 Å². The largest absolute Gasteiger partial charge is 0.488 e. The van der Waals surface area contributed by atoms with Crippen LogP contribution in [0.15, 0.2) is 45.8 Å². The third-order valence-corrected chi connectivity index (χ3v) is 9.41. The lowest BCUT2D eigenvalue weighted by atomic mass is 10.0. The van der Waals surface area contributed by atoms with Crippen molar-refractivity contribution in [1.29, 1.82) is 0 Å². The van der Waals surface area contributed by atoms with Crippen molar-refractivity contribution in [1.82, 2.24) is 15.0 Å². The lowest BCUT2D eigenvalue weighted by Crippen LogP contribution is -2.47. The standard InChI is InChI=1S/C30H38N4O8S/c1-18-13-34(19(2)16-35)29(36)12-23-11-24(32-43(37,38)30-20(3)31-42-21(30)4)7-9-25(23)41-28(18)15-33(5)14-22-6-8-26-27(10-22)40-17-39-26/h6-11,18-19,28,32,35H,12-17H2,1-5H3/t18-,19+,28-/m1/s1. The van der Waals surface area contributed by atoms with Crippen LogP contribution < -0.4 is 18.9 Å². The molecule has 1 amide bonds. The summed E-state index contributed by atoms with van der Waals surface area (Å²) in [6.45, 7) is 8.53. The summed E-state index contributed by atoms with van der Waals surface area (Å²) in [5.41, 5.74) is 2.13. The number of hydrogen-bond donors (Lipinski definition) is 2. The first-order valence-electron chi connectivity index (χ1n) is 14.2. The molecule has 2 aliphatic heterocycles. The van der Waals surface area contributed by atoms with E-state index >= 15 is 0 Å². The van der Waals surface area contributed by atoms with Crippen molar-refractivity contribution >= 4 is 21.6 Å². The molecule has 1 aromatic heterocycles. The van der Waals surface area contributed by atoms with Crippen molar-refractivity contribution in [3.63, 3.8) is 0 Å². The molecular formula is C30H38N4O8S. The number of aryl methyl sites for hydroxylation is 2. The van der Waals surface area contributed by atoms with Gasteiger partial charge >= 0.3 is 0 Å². The van der Waals surface area contributed by atoms with E-state index in [9.17, 15) is 18.3 Å². The van der Waals surface area contributed by atoms with Gasteiger partial charge < -0.3 is 28.7 Å². The summed E-state index contributed by atoms with van der Waals surface area (Å²) >= 11 is 0. The fourth-order valence-corrected chi connectivity index (χ4v) is 6.88. The third-order valence-electron chi connectivity index (χ3n) is 7.79. The maximum atomic E-state index is 13.5. The molecule has 0 bridgehead atoms. The molecule has 0 fully saturated rings. The van der Waals surface area contributed by atoms with Gasteiger partial charge in [-0.05, 0) is 63.7 Å². The molecule has 0 radical (unpaired) electrons. The Morgan fingerprint density at radius 1 is 1.14 bits per heavy atom. The van der Waals surface area contributed by atoms with Crippen molar-refractivity contribution in [2.24, 2.45) is 5.92 Å². The molecule has 3 atom stereocenters. The molecule has 0 saturated heterocycles. The van der Waals surface area contributed by atoms with Crippen LogP contribution in [-0.2, 0) is 27.8 Å². The first-order chi connectivity index (χ1) is 20.4. The zero-order chi connectivity index (χ0) is 30.9. The van der Waals surface area contributed by atoms with Crippen LogP contribution in [0.4, 0.5) is 5.69 Å². The van der Waals surface area contributed by atoms with Gasteiger partial charge in [0.1, 0.15) is 17.5 Å². The van der Waals surface area contributed by atoms with Gasteiger partial charge in [-0.3, -0.25) is 14.4 Å². The van der Waals surface area contributed by atoms with Crippen LogP contribution in [0, 0.1) is 19.8 Å². The summed E-state index contributed by atoms with van der Waals surface area (Å²) in [5.74, 6) is 1.87.